The monoisotopic (exact) mass is 360 g/mol. The molecule has 0 fully saturated rings. The summed E-state index contributed by atoms with van der Waals surface area (Å²) in [5, 5.41) is 2.80. The van der Waals surface area contributed by atoms with E-state index in [2.05, 4.69) is 5.32 Å². The summed E-state index contributed by atoms with van der Waals surface area (Å²) in [5.74, 6) is -0.304. The summed E-state index contributed by atoms with van der Waals surface area (Å²) in [5.41, 5.74) is 2.56. The molecule has 1 amide bonds. The molecule has 5 nitrogen and oxygen atoms in total. The van der Waals surface area contributed by atoms with E-state index < -0.39 is 10.0 Å². The maximum absolute atomic E-state index is 12.2. The van der Waals surface area contributed by atoms with Gasteiger partial charge in [0, 0.05) is 6.54 Å². The second-order valence-electron chi connectivity index (χ2n) is 6.00. The smallest absolute Gasteiger partial charge is 0.240 e. The quantitative estimate of drug-likeness (QED) is 0.736. The molecule has 0 aliphatic heterocycles. The first-order chi connectivity index (χ1) is 11.9. The Labute approximate surface area is 149 Å². The molecular formula is C19H24N2O3S. The van der Waals surface area contributed by atoms with Gasteiger partial charge in [0.15, 0.2) is 0 Å². The summed E-state index contributed by atoms with van der Waals surface area (Å²) in [6, 6.07) is 17.2. The first-order valence-electron chi connectivity index (χ1n) is 8.22. The molecule has 0 saturated heterocycles. The number of nitrogens with one attached hydrogen (secondary N) is 1. The molecule has 6 heteroatoms. The summed E-state index contributed by atoms with van der Waals surface area (Å²) >= 11 is 0. The maximum atomic E-state index is 12.2. The summed E-state index contributed by atoms with van der Waals surface area (Å²) in [6.45, 7) is 2.12. The number of carbonyl (C=O) groups is 1. The van der Waals surface area contributed by atoms with Crippen LogP contribution in [-0.4, -0.2) is 33.7 Å². The van der Waals surface area contributed by atoms with Crippen molar-refractivity contribution in [2.45, 2.75) is 19.8 Å². The van der Waals surface area contributed by atoms with E-state index in [-0.39, 0.29) is 12.5 Å². The van der Waals surface area contributed by atoms with Crippen molar-refractivity contribution in [3.05, 3.63) is 65.7 Å². The van der Waals surface area contributed by atoms with Crippen molar-refractivity contribution in [1.29, 1.82) is 0 Å². The number of sulfonamides is 1. The molecule has 0 aliphatic carbocycles. The summed E-state index contributed by atoms with van der Waals surface area (Å²) in [6.07, 6.45) is 2.79. The van der Waals surface area contributed by atoms with Gasteiger partial charge in [-0.05, 0) is 37.0 Å². The molecule has 25 heavy (non-hydrogen) atoms. The zero-order valence-corrected chi connectivity index (χ0v) is 15.4. The molecule has 2 aromatic rings. The van der Waals surface area contributed by atoms with Crippen LogP contribution in [-0.2, 0) is 21.2 Å². The summed E-state index contributed by atoms with van der Waals surface area (Å²) in [4.78, 5) is 12.2. The number of carbonyl (C=O) groups excluding carboxylic acids is 1. The number of benzene rings is 2. The van der Waals surface area contributed by atoms with Crippen LogP contribution in [0.3, 0.4) is 0 Å². The summed E-state index contributed by atoms with van der Waals surface area (Å²) < 4.78 is 25.3. The Morgan fingerprint density at radius 2 is 1.68 bits per heavy atom. The molecule has 0 aromatic heterocycles. The Hall–Kier alpha value is -2.34. The molecule has 0 unspecified atom stereocenters. The summed E-state index contributed by atoms with van der Waals surface area (Å²) in [7, 11) is -3.54. The van der Waals surface area contributed by atoms with Gasteiger partial charge in [-0.15, -0.1) is 0 Å². The highest BCUT2D eigenvalue weighted by Gasteiger charge is 2.21. The molecule has 0 radical (unpaired) electrons. The number of aryl methyl sites for hydroxylation is 2. The molecular weight excluding hydrogens is 336 g/mol. The van der Waals surface area contributed by atoms with Crippen LogP contribution in [0.25, 0.3) is 0 Å². The lowest BCUT2D eigenvalue weighted by molar-refractivity contribution is -0.119. The van der Waals surface area contributed by atoms with E-state index in [4.69, 9.17) is 0 Å². The van der Waals surface area contributed by atoms with Crippen LogP contribution in [0.15, 0.2) is 54.6 Å². The third-order valence-corrected chi connectivity index (χ3v) is 5.01. The fourth-order valence-corrected chi connectivity index (χ4v) is 3.49. The molecule has 2 aromatic carbocycles. The Balaban J connectivity index is 1.91. The first kappa shape index (κ1) is 19.0. The third-order valence-electron chi connectivity index (χ3n) is 3.88. The van der Waals surface area contributed by atoms with E-state index in [1.165, 1.54) is 5.56 Å². The van der Waals surface area contributed by atoms with Crippen LogP contribution in [0.5, 0.6) is 0 Å². The van der Waals surface area contributed by atoms with Crippen molar-refractivity contribution < 1.29 is 13.2 Å². The van der Waals surface area contributed by atoms with Crippen molar-refractivity contribution in [3.8, 4) is 0 Å². The number of para-hydroxylation sites is 1. The van der Waals surface area contributed by atoms with Gasteiger partial charge in [-0.25, -0.2) is 8.42 Å². The van der Waals surface area contributed by atoms with Gasteiger partial charge in [-0.1, -0.05) is 48.5 Å². The Kier molecular flexibility index (Phi) is 6.58. The van der Waals surface area contributed by atoms with E-state index in [1.54, 1.807) is 12.1 Å². The topological polar surface area (TPSA) is 66.5 Å². The van der Waals surface area contributed by atoms with Gasteiger partial charge in [-0.2, -0.15) is 0 Å². The molecule has 0 aliphatic rings. The predicted molar refractivity (Wildman–Crippen MR) is 101 cm³/mol. The molecule has 0 bridgehead atoms. The van der Waals surface area contributed by atoms with Crippen molar-refractivity contribution in [1.82, 2.24) is 5.32 Å². The van der Waals surface area contributed by atoms with Crippen LogP contribution < -0.4 is 9.62 Å². The standard InChI is InChI=1S/C19H24N2O3S/c1-16-9-6-7-13-18(16)21(25(2,23)24)15-19(22)20-14-8-12-17-10-4-3-5-11-17/h3-7,9-11,13H,8,12,14-15H2,1-2H3,(H,20,22). The second-order valence-corrected chi connectivity index (χ2v) is 7.90. The van der Waals surface area contributed by atoms with Gasteiger partial charge in [-0.3, -0.25) is 9.10 Å². The van der Waals surface area contributed by atoms with Gasteiger partial charge in [0.2, 0.25) is 15.9 Å². The first-order valence-corrected chi connectivity index (χ1v) is 10.1. The van der Waals surface area contributed by atoms with Crippen LogP contribution in [0.1, 0.15) is 17.5 Å². The Morgan fingerprint density at radius 3 is 2.32 bits per heavy atom. The normalized spacial score (nSPS) is 11.1. The minimum Gasteiger partial charge on any atom is -0.355 e. The number of nitrogens with zero attached hydrogens (tertiary/aromatic N) is 1. The maximum Gasteiger partial charge on any atom is 0.240 e. The van der Waals surface area contributed by atoms with Crippen molar-refractivity contribution in [2.75, 3.05) is 23.7 Å². The van der Waals surface area contributed by atoms with E-state index in [9.17, 15) is 13.2 Å². The zero-order chi connectivity index (χ0) is 18.3. The zero-order valence-electron chi connectivity index (χ0n) is 14.6. The lowest BCUT2D eigenvalue weighted by Crippen LogP contribution is -2.41. The molecule has 0 saturated carbocycles. The fourth-order valence-electron chi connectivity index (χ4n) is 2.58. The van der Waals surface area contributed by atoms with Crippen LogP contribution >= 0.6 is 0 Å². The number of anilines is 1. The van der Waals surface area contributed by atoms with Gasteiger partial charge < -0.3 is 5.32 Å². The highest BCUT2D eigenvalue weighted by Crippen LogP contribution is 2.21. The highest BCUT2D eigenvalue weighted by molar-refractivity contribution is 7.92. The Morgan fingerprint density at radius 1 is 1.04 bits per heavy atom. The van der Waals surface area contributed by atoms with Crippen molar-refractivity contribution >= 4 is 21.6 Å². The van der Waals surface area contributed by atoms with Crippen molar-refractivity contribution in [3.63, 3.8) is 0 Å². The SMILES string of the molecule is Cc1ccccc1N(CC(=O)NCCCc1ccccc1)S(C)(=O)=O. The minimum atomic E-state index is -3.54. The van der Waals surface area contributed by atoms with E-state index >= 15 is 0 Å². The number of amides is 1. The molecule has 1 N–H and O–H groups in total. The van der Waals surface area contributed by atoms with Gasteiger partial charge in [0.1, 0.15) is 6.54 Å². The predicted octanol–water partition coefficient (Wildman–Crippen LogP) is 2.51. The minimum absolute atomic E-state index is 0.213. The van der Waals surface area contributed by atoms with Crippen LogP contribution in [0, 0.1) is 6.92 Å². The average Bonchev–Trinajstić information content (AvgIpc) is 2.57. The second kappa shape index (κ2) is 8.67. The van der Waals surface area contributed by atoms with Gasteiger partial charge >= 0.3 is 0 Å². The number of hydrogen-bond acceptors (Lipinski definition) is 3. The molecule has 0 atom stereocenters. The average molecular weight is 360 g/mol. The lowest BCUT2D eigenvalue weighted by Gasteiger charge is -2.23. The van der Waals surface area contributed by atoms with Crippen molar-refractivity contribution in [2.24, 2.45) is 0 Å². The molecule has 134 valence electrons. The molecule has 0 heterocycles. The highest BCUT2D eigenvalue weighted by atomic mass is 32.2. The number of hydrogen-bond donors (Lipinski definition) is 1. The molecule has 2 rings (SSSR count). The van der Waals surface area contributed by atoms with E-state index in [0.717, 1.165) is 29.0 Å². The van der Waals surface area contributed by atoms with E-state index in [0.29, 0.717) is 12.2 Å². The third kappa shape index (κ3) is 5.90. The lowest BCUT2D eigenvalue weighted by atomic mass is 10.1. The Bertz CT molecular complexity index is 804. The van der Waals surface area contributed by atoms with Gasteiger partial charge in [0.25, 0.3) is 0 Å². The fraction of sp³-hybridized carbons (Fsp3) is 0.316. The van der Waals surface area contributed by atoms with Gasteiger partial charge in [0.05, 0.1) is 11.9 Å². The van der Waals surface area contributed by atoms with Crippen LogP contribution in [0.4, 0.5) is 5.69 Å². The molecule has 0 spiro atoms. The largest absolute Gasteiger partial charge is 0.355 e. The van der Waals surface area contributed by atoms with E-state index in [1.807, 2.05) is 49.4 Å². The number of rotatable bonds is 8. The van der Waals surface area contributed by atoms with Crippen LogP contribution in [0.2, 0.25) is 0 Å².